The predicted molar refractivity (Wildman–Crippen MR) is 106 cm³/mol. The van der Waals surface area contributed by atoms with E-state index in [1.165, 1.54) is 36.5 Å². The van der Waals surface area contributed by atoms with Crippen LogP contribution in [0.25, 0.3) is 0 Å². The van der Waals surface area contributed by atoms with Crippen LogP contribution in [0.4, 0.5) is 5.69 Å². The number of nitrogens with one attached hydrogen (secondary N) is 1. The molecule has 0 spiro atoms. The van der Waals surface area contributed by atoms with Crippen molar-refractivity contribution >= 4 is 39.0 Å². The first kappa shape index (κ1) is 21.1. The fraction of sp³-hybridized carbons (Fsp3) is 0.263. The molecular formula is C19H21ClN2O4S. The van der Waals surface area contributed by atoms with Crippen LogP contribution >= 0.6 is 11.6 Å². The van der Waals surface area contributed by atoms with Crippen molar-refractivity contribution in [3.8, 4) is 0 Å². The van der Waals surface area contributed by atoms with Crippen LogP contribution in [-0.2, 0) is 10.0 Å². The molecule has 1 amide bonds. The van der Waals surface area contributed by atoms with Gasteiger partial charge in [0, 0.05) is 18.7 Å². The van der Waals surface area contributed by atoms with Gasteiger partial charge in [-0.15, -0.1) is 0 Å². The summed E-state index contributed by atoms with van der Waals surface area (Å²) in [6, 6.07) is 10.3. The van der Waals surface area contributed by atoms with E-state index >= 15 is 0 Å². The summed E-state index contributed by atoms with van der Waals surface area (Å²) < 4.78 is 26.5. The topological polar surface area (TPSA) is 83.5 Å². The number of halogens is 1. The second-order valence-electron chi connectivity index (χ2n) is 6.31. The average Bonchev–Trinajstić information content (AvgIpc) is 2.61. The molecule has 2 aromatic rings. The number of rotatable bonds is 6. The fourth-order valence-corrected chi connectivity index (χ4v) is 3.97. The molecule has 0 atom stereocenters. The second kappa shape index (κ2) is 8.21. The van der Waals surface area contributed by atoms with E-state index in [2.05, 4.69) is 5.32 Å². The minimum Gasteiger partial charge on any atom is -0.321 e. The Morgan fingerprint density at radius 2 is 1.70 bits per heavy atom. The van der Waals surface area contributed by atoms with Gasteiger partial charge in [0.25, 0.3) is 5.91 Å². The van der Waals surface area contributed by atoms with Gasteiger partial charge in [0.15, 0.2) is 5.78 Å². The molecule has 0 aliphatic heterocycles. The highest BCUT2D eigenvalue weighted by molar-refractivity contribution is 7.89. The van der Waals surface area contributed by atoms with Crippen molar-refractivity contribution in [3.63, 3.8) is 0 Å². The van der Waals surface area contributed by atoms with Crippen molar-refractivity contribution in [1.82, 2.24) is 4.31 Å². The molecule has 144 valence electrons. The highest BCUT2D eigenvalue weighted by Crippen LogP contribution is 2.25. The van der Waals surface area contributed by atoms with Gasteiger partial charge in [-0.2, -0.15) is 4.31 Å². The zero-order valence-electron chi connectivity index (χ0n) is 15.5. The van der Waals surface area contributed by atoms with Gasteiger partial charge in [0.2, 0.25) is 10.0 Å². The van der Waals surface area contributed by atoms with Gasteiger partial charge in [0.1, 0.15) is 0 Å². The SMILES string of the molecule is CC(=O)c1ccccc1NC(=O)c1cc(S(=O)(=O)N(C)C(C)C)ccc1Cl. The van der Waals surface area contributed by atoms with Crippen LogP contribution in [0.15, 0.2) is 47.4 Å². The molecule has 0 saturated carbocycles. The zero-order valence-corrected chi connectivity index (χ0v) is 17.1. The number of sulfonamides is 1. The summed E-state index contributed by atoms with van der Waals surface area (Å²) in [6.07, 6.45) is 0. The maximum absolute atomic E-state index is 12.7. The van der Waals surface area contributed by atoms with Crippen LogP contribution < -0.4 is 5.32 Å². The van der Waals surface area contributed by atoms with E-state index in [9.17, 15) is 18.0 Å². The van der Waals surface area contributed by atoms with Crippen molar-refractivity contribution in [2.24, 2.45) is 0 Å². The number of carbonyl (C=O) groups excluding carboxylic acids is 2. The van der Waals surface area contributed by atoms with Crippen molar-refractivity contribution in [3.05, 3.63) is 58.6 Å². The van der Waals surface area contributed by atoms with E-state index in [0.29, 0.717) is 11.3 Å². The van der Waals surface area contributed by atoms with Gasteiger partial charge < -0.3 is 5.32 Å². The van der Waals surface area contributed by atoms with Gasteiger partial charge in [-0.1, -0.05) is 23.7 Å². The quantitative estimate of drug-likeness (QED) is 0.736. The Kier molecular flexibility index (Phi) is 6.41. The van der Waals surface area contributed by atoms with Gasteiger partial charge in [-0.25, -0.2) is 8.42 Å². The molecule has 1 N–H and O–H groups in total. The molecular weight excluding hydrogens is 388 g/mol. The smallest absolute Gasteiger partial charge is 0.257 e. The summed E-state index contributed by atoms with van der Waals surface area (Å²) in [5, 5.41) is 2.74. The lowest BCUT2D eigenvalue weighted by molar-refractivity contribution is 0.101. The number of anilines is 1. The van der Waals surface area contributed by atoms with Crippen molar-refractivity contribution in [2.45, 2.75) is 31.7 Å². The molecule has 27 heavy (non-hydrogen) atoms. The van der Waals surface area contributed by atoms with E-state index < -0.39 is 15.9 Å². The molecule has 0 bridgehead atoms. The number of hydrogen-bond acceptors (Lipinski definition) is 4. The summed E-state index contributed by atoms with van der Waals surface area (Å²) in [5.74, 6) is -0.801. The molecule has 0 unspecified atom stereocenters. The summed E-state index contributed by atoms with van der Waals surface area (Å²) in [4.78, 5) is 24.4. The van der Waals surface area contributed by atoms with Gasteiger partial charge in [-0.3, -0.25) is 9.59 Å². The molecule has 0 radical (unpaired) electrons. The maximum atomic E-state index is 12.7. The van der Waals surface area contributed by atoms with Crippen LogP contribution in [0.5, 0.6) is 0 Å². The van der Waals surface area contributed by atoms with Crippen LogP contribution in [0, 0.1) is 0 Å². The van der Waals surface area contributed by atoms with Crippen LogP contribution in [0.1, 0.15) is 41.5 Å². The number of benzene rings is 2. The first-order valence-corrected chi connectivity index (χ1v) is 10.1. The Hall–Kier alpha value is -2.22. The third kappa shape index (κ3) is 4.55. The number of para-hydroxylation sites is 1. The Balaban J connectivity index is 2.42. The van der Waals surface area contributed by atoms with Crippen LogP contribution in [0.3, 0.4) is 0 Å². The monoisotopic (exact) mass is 408 g/mol. The summed E-state index contributed by atoms with van der Waals surface area (Å²) in [5.41, 5.74) is 0.692. The Bertz CT molecular complexity index is 987. The number of Topliss-reactive ketones (excluding diaryl/α,β-unsaturated/α-hetero) is 1. The number of nitrogens with zero attached hydrogens (tertiary/aromatic N) is 1. The van der Waals surface area contributed by atoms with Gasteiger partial charge in [0.05, 0.1) is 21.2 Å². The summed E-state index contributed by atoms with van der Waals surface area (Å²) in [7, 11) is -2.30. The minimum absolute atomic E-state index is 0.00764. The molecule has 6 nitrogen and oxygen atoms in total. The lowest BCUT2D eigenvalue weighted by Gasteiger charge is -2.21. The Morgan fingerprint density at radius 1 is 1.07 bits per heavy atom. The Labute approximate surface area is 164 Å². The summed E-state index contributed by atoms with van der Waals surface area (Å²) >= 11 is 6.12. The van der Waals surface area contributed by atoms with Crippen molar-refractivity contribution in [2.75, 3.05) is 12.4 Å². The number of amides is 1. The van der Waals surface area contributed by atoms with Gasteiger partial charge in [-0.05, 0) is 51.1 Å². The van der Waals surface area contributed by atoms with Crippen LogP contribution in [-0.4, -0.2) is 37.5 Å². The van der Waals surface area contributed by atoms with E-state index in [-0.39, 0.29) is 27.3 Å². The molecule has 0 aliphatic carbocycles. The molecule has 0 aliphatic rings. The highest BCUT2D eigenvalue weighted by atomic mass is 35.5. The van der Waals surface area contributed by atoms with Crippen molar-refractivity contribution < 1.29 is 18.0 Å². The lowest BCUT2D eigenvalue weighted by Crippen LogP contribution is -2.33. The highest BCUT2D eigenvalue weighted by Gasteiger charge is 2.25. The molecule has 0 heterocycles. The predicted octanol–water partition coefficient (Wildman–Crippen LogP) is 3.82. The fourth-order valence-electron chi connectivity index (χ4n) is 2.37. The molecule has 0 saturated heterocycles. The van der Waals surface area contributed by atoms with E-state index in [0.717, 1.165) is 0 Å². The number of ketones is 1. The first-order valence-electron chi connectivity index (χ1n) is 8.24. The van der Waals surface area contributed by atoms with E-state index in [4.69, 9.17) is 11.6 Å². The third-order valence-electron chi connectivity index (χ3n) is 4.14. The Morgan fingerprint density at radius 3 is 2.30 bits per heavy atom. The second-order valence-corrected chi connectivity index (χ2v) is 8.72. The number of carbonyl (C=O) groups is 2. The standard InChI is InChI=1S/C19H21ClN2O4S/c1-12(2)22(4)27(25,26)14-9-10-17(20)16(11-14)19(24)21-18-8-6-5-7-15(18)13(3)23/h5-12H,1-4H3,(H,21,24). The average molecular weight is 409 g/mol. The third-order valence-corrected chi connectivity index (χ3v) is 6.50. The normalized spacial score (nSPS) is 11.7. The zero-order chi connectivity index (χ0) is 20.4. The maximum Gasteiger partial charge on any atom is 0.257 e. The van der Waals surface area contributed by atoms with Crippen LogP contribution in [0.2, 0.25) is 5.02 Å². The molecule has 2 aromatic carbocycles. The number of hydrogen-bond donors (Lipinski definition) is 1. The molecule has 2 rings (SSSR count). The summed E-state index contributed by atoms with van der Waals surface area (Å²) in [6.45, 7) is 4.90. The van der Waals surface area contributed by atoms with E-state index in [1.54, 1.807) is 38.1 Å². The first-order chi connectivity index (χ1) is 12.6. The van der Waals surface area contributed by atoms with E-state index in [1.807, 2.05) is 0 Å². The minimum atomic E-state index is -3.76. The van der Waals surface area contributed by atoms with Crippen molar-refractivity contribution in [1.29, 1.82) is 0 Å². The lowest BCUT2D eigenvalue weighted by atomic mass is 10.1. The molecule has 8 heteroatoms. The largest absolute Gasteiger partial charge is 0.321 e. The van der Waals surface area contributed by atoms with Gasteiger partial charge >= 0.3 is 0 Å². The molecule has 0 fully saturated rings. The molecule has 0 aromatic heterocycles.